The van der Waals surface area contributed by atoms with Crippen LogP contribution in [-0.4, -0.2) is 32.0 Å². The number of halogens is 2. The molecule has 8 nitrogen and oxygen atoms in total. The first-order valence-electron chi connectivity index (χ1n) is 7.47. The fourth-order valence-electron chi connectivity index (χ4n) is 2.37. The van der Waals surface area contributed by atoms with E-state index >= 15 is 0 Å². The minimum Gasteiger partial charge on any atom is -0.324 e. The zero-order valence-corrected chi connectivity index (χ0v) is 15.8. The van der Waals surface area contributed by atoms with Crippen LogP contribution < -0.4 is 9.62 Å². The molecule has 0 aliphatic heterocycles. The molecule has 0 aliphatic carbocycles. The SMILES string of the molecule is Cc1c(N(CC(=O)Nc2ccc(F)c(Cl)c2)S(C)(=O)=O)cccc1[N+](=O)[O-]. The first-order valence-corrected chi connectivity index (χ1v) is 9.70. The minimum atomic E-state index is -3.92. The number of nitrogens with one attached hydrogen (secondary N) is 1. The van der Waals surface area contributed by atoms with Gasteiger partial charge in [0.2, 0.25) is 15.9 Å². The van der Waals surface area contributed by atoms with Gasteiger partial charge in [-0.1, -0.05) is 17.7 Å². The van der Waals surface area contributed by atoms with Gasteiger partial charge in [-0.3, -0.25) is 19.2 Å². The lowest BCUT2D eigenvalue weighted by Gasteiger charge is -2.23. The summed E-state index contributed by atoms with van der Waals surface area (Å²) in [6.45, 7) is 0.763. The highest BCUT2D eigenvalue weighted by Gasteiger charge is 2.25. The number of nitro benzene ring substituents is 1. The number of nitrogens with zero attached hydrogens (tertiary/aromatic N) is 2. The lowest BCUT2D eigenvalue weighted by atomic mass is 10.1. The van der Waals surface area contributed by atoms with Crippen molar-refractivity contribution in [1.29, 1.82) is 0 Å². The minimum absolute atomic E-state index is 0.0130. The maximum atomic E-state index is 13.2. The van der Waals surface area contributed by atoms with Gasteiger partial charge in [-0.25, -0.2) is 12.8 Å². The van der Waals surface area contributed by atoms with E-state index < -0.39 is 33.2 Å². The number of carbonyl (C=O) groups excluding carboxylic acids is 1. The highest BCUT2D eigenvalue weighted by atomic mass is 35.5. The van der Waals surface area contributed by atoms with Crippen molar-refractivity contribution >= 4 is 44.6 Å². The van der Waals surface area contributed by atoms with E-state index in [1.54, 1.807) is 0 Å². The molecule has 0 spiro atoms. The van der Waals surface area contributed by atoms with Crippen molar-refractivity contribution in [2.45, 2.75) is 6.92 Å². The Labute approximate surface area is 159 Å². The lowest BCUT2D eigenvalue weighted by Crippen LogP contribution is -2.38. The van der Waals surface area contributed by atoms with Crippen LogP contribution >= 0.6 is 11.6 Å². The van der Waals surface area contributed by atoms with Gasteiger partial charge in [-0.05, 0) is 31.2 Å². The summed E-state index contributed by atoms with van der Waals surface area (Å²) in [5.74, 6) is -1.39. The standard InChI is InChI=1S/C16H15ClFN3O5S/c1-10-14(4-3-5-15(10)21(23)24)20(27(2,25)26)9-16(22)19-11-6-7-13(18)12(17)8-11/h3-8H,9H2,1-2H3,(H,19,22). The van der Waals surface area contributed by atoms with Crippen molar-refractivity contribution in [2.24, 2.45) is 0 Å². The lowest BCUT2D eigenvalue weighted by molar-refractivity contribution is -0.385. The Balaban J connectivity index is 2.33. The van der Waals surface area contributed by atoms with E-state index in [0.717, 1.165) is 16.6 Å². The van der Waals surface area contributed by atoms with E-state index in [4.69, 9.17) is 11.6 Å². The third-order valence-corrected chi connectivity index (χ3v) is 5.05. The van der Waals surface area contributed by atoms with E-state index in [2.05, 4.69) is 5.32 Å². The molecule has 0 fully saturated rings. The van der Waals surface area contributed by atoms with Gasteiger partial charge in [0.1, 0.15) is 12.4 Å². The maximum absolute atomic E-state index is 13.2. The molecule has 0 unspecified atom stereocenters. The molecule has 0 radical (unpaired) electrons. The molecule has 1 amide bonds. The first kappa shape index (κ1) is 20.6. The van der Waals surface area contributed by atoms with E-state index in [9.17, 15) is 27.7 Å². The molecule has 2 aromatic carbocycles. The molecule has 0 bridgehead atoms. The summed E-state index contributed by atoms with van der Waals surface area (Å²) in [6, 6.07) is 7.43. The Morgan fingerprint density at radius 2 is 2.00 bits per heavy atom. The smallest absolute Gasteiger partial charge is 0.274 e. The summed E-state index contributed by atoms with van der Waals surface area (Å²) in [5.41, 5.74) is 0.0204. The van der Waals surface area contributed by atoms with Gasteiger partial charge in [-0.15, -0.1) is 0 Å². The summed E-state index contributed by atoms with van der Waals surface area (Å²) < 4.78 is 38.3. The van der Waals surface area contributed by atoms with Crippen LogP contribution in [0, 0.1) is 22.9 Å². The van der Waals surface area contributed by atoms with E-state index in [1.165, 1.54) is 37.3 Å². The Morgan fingerprint density at radius 1 is 1.33 bits per heavy atom. The average molecular weight is 416 g/mol. The van der Waals surface area contributed by atoms with Crippen molar-refractivity contribution in [2.75, 3.05) is 22.4 Å². The molecule has 0 aromatic heterocycles. The molecule has 2 aromatic rings. The molecule has 2 rings (SSSR count). The number of rotatable bonds is 6. The number of amides is 1. The Hall–Kier alpha value is -2.72. The van der Waals surface area contributed by atoms with Crippen LogP contribution in [0.3, 0.4) is 0 Å². The Morgan fingerprint density at radius 3 is 2.56 bits per heavy atom. The number of nitro groups is 1. The molecule has 0 saturated heterocycles. The molecule has 0 heterocycles. The summed E-state index contributed by atoms with van der Waals surface area (Å²) in [7, 11) is -3.92. The van der Waals surface area contributed by atoms with Gasteiger partial charge in [0.05, 0.1) is 27.5 Å². The van der Waals surface area contributed by atoms with Gasteiger partial charge in [0.15, 0.2) is 0 Å². The Bertz CT molecular complexity index is 1010. The van der Waals surface area contributed by atoms with Crippen LogP contribution in [0.5, 0.6) is 0 Å². The zero-order valence-electron chi connectivity index (χ0n) is 14.3. The molecule has 27 heavy (non-hydrogen) atoms. The summed E-state index contributed by atoms with van der Waals surface area (Å²) >= 11 is 5.64. The van der Waals surface area contributed by atoms with Crippen LogP contribution in [0.4, 0.5) is 21.5 Å². The number of benzene rings is 2. The number of carbonyl (C=O) groups is 1. The number of anilines is 2. The molecule has 0 aliphatic rings. The summed E-state index contributed by atoms with van der Waals surface area (Å²) in [6.07, 6.45) is 0.882. The van der Waals surface area contributed by atoms with E-state index in [0.29, 0.717) is 0 Å². The Kier molecular flexibility index (Phi) is 6.01. The van der Waals surface area contributed by atoms with Crippen molar-refractivity contribution in [1.82, 2.24) is 0 Å². The summed E-state index contributed by atoms with van der Waals surface area (Å²) in [5, 5.41) is 13.3. The van der Waals surface area contributed by atoms with Crippen LogP contribution in [0.15, 0.2) is 36.4 Å². The molecule has 144 valence electrons. The van der Waals surface area contributed by atoms with Gasteiger partial charge in [0.25, 0.3) is 5.69 Å². The quantitative estimate of drug-likeness (QED) is 0.575. The molecular formula is C16H15ClFN3O5S. The topological polar surface area (TPSA) is 110 Å². The normalized spacial score (nSPS) is 11.1. The van der Waals surface area contributed by atoms with Crippen LogP contribution in [0.1, 0.15) is 5.56 Å². The molecule has 0 atom stereocenters. The van der Waals surface area contributed by atoms with Crippen molar-refractivity contribution in [3.05, 3.63) is 62.9 Å². The van der Waals surface area contributed by atoms with Gasteiger partial charge in [-0.2, -0.15) is 0 Å². The van der Waals surface area contributed by atoms with Crippen LogP contribution in [-0.2, 0) is 14.8 Å². The van der Waals surface area contributed by atoms with Crippen molar-refractivity contribution < 1.29 is 22.5 Å². The molecular weight excluding hydrogens is 401 g/mol. The zero-order chi connectivity index (χ0) is 20.4. The van der Waals surface area contributed by atoms with Crippen LogP contribution in [0.2, 0.25) is 5.02 Å². The second-order valence-corrected chi connectivity index (χ2v) is 7.94. The monoisotopic (exact) mass is 415 g/mol. The van der Waals surface area contributed by atoms with E-state index in [1.807, 2.05) is 0 Å². The fraction of sp³-hybridized carbons (Fsp3) is 0.188. The third-order valence-electron chi connectivity index (χ3n) is 3.63. The van der Waals surface area contributed by atoms with E-state index in [-0.39, 0.29) is 27.6 Å². The van der Waals surface area contributed by atoms with Crippen molar-refractivity contribution in [3.63, 3.8) is 0 Å². The highest BCUT2D eigenvalue weighted by molar-refractivity contribution is 7.92. The predicted octanol–water partition coefficient (Wildman–Crippen LogP) is 3.10. The first-order chi connectivity index (χ1) is 12.5. The molecule has 0 saturated carbocycles. The molecule has 1 N–H and O–H groups in total. The molecule has 11 heteroatoms. The second kappa shape index (κ2) is 7.89. The maximum Gasteiger partial charge on any atom is 0.274 e. The third kappa shape index (κ3) is 4.92. The van der Waals surface area contributed by atoms with Crippen molar-refractivity contribution in [3.8, 4) is 0 Å². The van der Waals surface area contributed by atoms with Gasteiger partial charge >= 0.3 is 0 Å². The van der Waals surface area contributed by atoms with Gasteiger partial charge < -0.3 is 5.32 Å². The number of hydrogen-bond donors (Lipinski definition) is 1. The van der Waals surface area contributed by atoms with Crippen LogP contribution in [0.25, 0.3) is 0 Å². The number of hydrogen-bond acceptors (Lipinski definition) is 5. The largest absolute Gasteiger partial charge is 0.324 e. The average Bonchev–Trinajstić information content (AvgIpc) is 2.55. The highest BCUT2D eigenvalue weighted by Crippen LogP contribution is 2.29. The summed E-state index contributed by atoms with van der Waals surface area (Å²) in [4.78, 5) is 22.7. The second-order valence-electron chi connectivity index (χ2n) is 5.63. The van der Waals surface area contributed by atoms with Gasteiger partial charge in [0, 0.05) is 11.8 Å². The fourth-order valence-corrected chi connectivity index (χ4v) is 3.45. The number of sulfonamides is 1. The predicted molar refractivity (Wildman–Crippen MR) is 100 cm³/mol.